The van der Waals surface area contributed by atoms with Gasteiger partial charge in [-0.15, -0.1) is 0 Å². The lowest BCUT2D eigenvalue weighted by Gasteiger charge is -2.11. The highest BCUT2D eigenvalue weighted by Gasteiger charge is 2.10. The van der Waals surface area contributed by atoms with Gasteiger partial charge in [0.15, 0.2) is 11.5 Å². The van der Waals surface area contributed by atoms with Crippen LogP contribution >= 0.6 is 11.6 Å². The number of rotatable bonds is 6. The first-order chi connectivity index (χ1) is 8.72. The first kappa shape index (κ1) is 13.4. The molecule has 1 heterocycles. The van der Waals surface area contributed by atoms with E-state index in [-0.39, 0.29) is 0 Å². The predicted octanol–water partition coefficient (Wildman–Crippen LogP) is 3.79. The Kier molecular flexibility index (Phi) is 4.61. The predicted molar refractivity (Wildman–Crippen MR) is 74.8 cm³/mol. The Morgan fingerprint density at radius 3 is 2.94 bits per heavy atom. The van der Waals surface area contributed by atoms with Crippen molar-refractivity contribution in [1.29, 1.82) is 0 Å². The minimum absolute atomic E-state index is 0.661. The zero-order valence-electron chi connectivity index (χ0n) is 10.7. The standard InChI is InChI=1S/C14H19ClN2O/c1-2-10(7-8-16)3-6-14-17-12-5-4-11(15)9-13(12)18-14/h4-5,9-10H,2-3,6-8,16H2,1H3. The highest BCUT2D eigenvalue weighted by Crippen LogP contribution is 2.22. The zero-order valence-corrected chi connectivity index (χ0v) is 11.4. The van der Waals surface area contributed by atoms with E-state index in [9.17, 15) is 0 Å². The number of aryl methyl sites for hydroxylation is 1. The van der Waals surface area contributed by atoms with E-state index < -0.39 is 0 Å². The molecule has 2 rings (SSSR count). The van der Waals surface area contributed by atoms with Crippen molar-refractivity contribution in [3.05, 3.63) is 29.1 Å². The molecule has 0 aliphatic carbocycles. The highest BCUT2D eigenvalue weighted by atomic mass is 35.5. The summed E-state index contributed by atoms with van der Waals surface area (Å²) in [5, 5.41) is 0.680. The number of oxazole rings is 1. The number of aromatic nitrogens is 1. The van der Waals surface area contributed by atoms with Crippen molar-refractivity contribution < 1.29 is 4.42 Å². The van der Waals surface area contributed by atoms with Crippen molar-refractivity contribution in [3.8, 4) is 0 Å². The van der Waals surface area contributed by atoms with Gasteiger partial charge in [-0.05, 0) is 37.4 Å². The fourth-order valence-electron chi connectivity index (χ4n) is 2.17. The maximum Gasteiger partial charge on any atom is 0.195 e. The fourth-order valence-corrected chi connectivity index (χ4v) is 2.33. The van der Waals surface area contributed by atoms with Crippen LogP contribution in [0.4, 0.5) is 0 Å². The third-order valence-electron chi connectivity index (χ3n) is 3.31. The zero-order chi connectivity index (χ0) is 13.0. The quantitative estimate of drug-likeness (QED) is 0.865. The molecule has 0 radical (unpaired) electrons. The van der Waals surface area contributed by atoms with Crippen LogP contribution in [-0.2, 0) is 6.42 Å². The second-order valence-electron chi connectivity index (χ2n) is 4.61. The van der Waals surface area contributed by atoms with Crippen LogP contribution in [-0.4, -0.2) is 11.5 Å². The van der Waals surface area contributed by atoms with Crippen LogP contribution in [0.15, 0.2) is 22.6 Å². The lowest BCUT2D eigenvalue weighted by molar-refractivity contribution is 0.415. The van der Waals surface area contributed by atoms with Crippen LogP contribution in [0.25, 0.3) is 11.1 Å². The Bertz CT molecular complexity index is 509. The van der Waals surface area contributed by atoms with Gasteiger partial charge in [-0.1, -0.05) is 24.9 Å². The molecular formula is C14H19ClN2O. The molecule has 1 unspecified atom stereocenters. The average molecular weight is 267 g/mol. The molecule has 4 heteroatoms. The monoisotopic (exact) mass is 266 g/mol. The van der Waals surface area contributed by atoms with Crippen LogP contribution in [0.2, 0.25) is 5.02 Å². The molecule has 0 amide bonds. The number of halogens is 1. The molecule has 0 saturated heterocycles. The van der Waals surface area contributed by atoms with Gasteiger partial charge in [0.2, 0.25) is 0 Å². The van der Waals surface area contributed by atoms with E-state index in [2.05, 4.69) is 11.9 Å². The number of fused-ring (bicyclic) bond motifs is 1. The molecule has 0 bridgehead atoms. The molecule has 1 aromatic heterocycles. The van der Waals surface area contributed by atoms with E-state index in [1.807, 2.05) is 18.2 Å². The summed E-state index contributed by atoms with van der Waals surface area (Å²) >= 11 is 5.92. The van der Waals surface area contributed by atoms with Crippen molar-refractivity contribution in [3.63, 3.8) is 0 Å². The summed E-state index contributed by atoms with van der Waals surface area (Å²) in [4.78, 5) is 4.46. The van der Waals surface area contributed by atoms with Crippen LogP contribution in [0.5, 0.6) is 0 Å². The molecule has 98 valence electrons. The molecule has 0 aliphatic rings. The number of nitrogens with zero attached hydrogens (tertiary/aromatic N) is 1. The molecule has 18 heavy (non-hydrogen) atoms. The maximum atomic E-state index is 5.92. The van der Waals surface area contributed by atoms with E-state index in [0.717, 1.165) is 49.2 Å². The number of benzene rings is 1. The van der Waals surface area contributed by atoms with Crippen LogP contribution in [0.3, 0.4) is 0 Å². The normalized spacial score (nSPS) is 13.1. The van der Waals surface area contributed by atoms with Crippen molar-refractivity contribution in [1.82, 2.24) is 4.98 Å². The van der Waals surface area contributed by atoms with Gasteiger partial charge < -0.3 is 10.2 Å². The van der Waals surface area contributed by atoms with Gasteiger partial charge in [-0.3, -0.25) is 0 Å². The fraction of sp³-hybridized carbons (Fsp3) is 0.500. The molecule has 1 aromatic carbocycles. The van der Waals surface area contributed by atoms with Gasteiger partial charge in [0.1, 0.15) is 5.52 Å². The van der Waals surface area contributed by atoms with Gasteiger partial charge in [-0.25, -0.2) is 4.98 Å². The van der Waals surface area contributed by atoms with Crippen molar-refractivity contribution in [2.75, 3.05) is 6.54 Å². The average Bonchev–Trinajstić information content (AvgIpc) is 2.76. The Hall–Kier alpha value is -1.06. The summed E-state index contributed by atoms with van der Waals surface area (Å²) < 4.78 is 5.70. The van der Waals surface area contributed by atoms with E-state index in [4.69, 9.17) is 21.8 Å². The summed E-state index contributed by atoms with van der Waals surface area (Å²) in [5.74, 6) is 1.45. The molecule has 0 saturated carbocycles. The topological polar surface area (TPSA) is 52.0 Å². The molecule has 0 aliphatic heterocycles. The Balaban J connectivity index is 2.03. The Morgan fingerprint density at radius 2 is 2.22 bits per heavy atom. The molecule has 1 atom stereocenters. The van der Waals surface area contributed by atoms with Crippen molar-refractivity contribution in [2.45, 2.75) is 32.6 Å². The molecule has 3 nitrogen and oxygen atoms in total. The first-order valence-corrected chi connectivity index (χ1v) is 6.85. The third-order valence-corrected chi connectivity index (χ3v) is 3.55. The van der Waals surface area contributed by atoms with Gasteiger partial charge in [-0.2, -0.15) is 0 Å². The van der Waals surface area contributed by atoms with E-state index in [0.29, 0.717) is 10.9 Å². The molecule has 0 fully saturated rings. The van der Waals surface area contributed by atoms with Crippen LogP contribution in [0.1, 0.15) is 32.1 Å². The van der Waals surface area contributed by atoms with Crippen LogP contribution < -0.4 is 5.73 Å². The Labute approximate surface area is 112 Å². The van der Waals surface area contributed by atoms with Crippen LogP contribution in [0, 0.1) is 5.92 Å². The van der Waals surface area contributed by atoms with E-state index in [1.54, 1.807) is 0 Å². The second kappa shape index (κ2) is 6.21. The highest BCUT2D eigenvalue weighted by molar-refractivity contribution is 6.31. The summed E-state index contributed by atoms with van der Waals surface area (Å²) in [7, 11) is 0. The Morgan fingerprint density at radius 1 is 1.39 bits per heavy atom. The molecule has 0 spiro atoms. The minimum Gasteiger partial charge on any atom is -0.441 e. The SMILES string of the molecule is CCC(CCN)CCc1nc2ccc(Cl)cc2o1. The third kappa shape index (κ3) is 3.24. The van der Waals surface area contributed by atoms with Gasteiger partial charge in [0.25, 0.3) is 0 Å². The minimum atomic E-state index is 0.661. The largest absolute Gasteiger partial charge is 0.441 e. The van der Waals surface area contributed by atoms with Gasteiger partial charge in [0.05, 0.1) is 0 Å². The second-order valence-corrected chi connectivity index (χ2v) is 5.05. The summed E-state index contributed by atoms with van der Waals surface area (Å²) in [6.45, 7) is 2.95. The van der Waals surface area contributed by atoms with E-state index >= 15 is 0 Å². The number of hydrogen-bond acceptors (Lipinski definition) is 3. The molecular weight excluding hydrogens is 248 g/mol. The number of hydrogen-bond donors (Lipinski definition) is 1. The maximum absolute atomic E-state index is 5.92. The first-order valence-electron chi connectivity index (χ1n) is 6.48. The molecule has 2 N–H and O–H groups in total. The number of nitrogens with two attached hydrogens (primary N) is 1. The summed E-state index contributed by atoms with van der Waals surface area (Å²) in [5.41, 5.74) is 7.24. The smallest absolute Gasteiger partial charge is 0.195 e. The van der Waals surface area contributed by atoms with Crippen molar-refractivity contribution in [2.24, 2.45) is 11.7 Å². The van der Waals surface area contributed by atoms with E-state index in [1.165, 1.54) is 0 Å². The van der Waals surface area contributed by atoms with Gasteiger partial charge in [0, 0.05) is 17.5 Å². The summed E-state index contributed by atoms with van der Waals surface area (Å²) in [6.07, 6.45) is 4.17. The molecule has 2 aromatic rings. The van der Waals surface area contributed by atoms with Gasteiger partial charge >= 0.3 is 0 Å². The summed E-state index contributed by atoms with van der Waals surface area (Å²) in [6, 6.07) is 5.53. The lowest BCUT2D eigenvalue weighted by atomic mass is 9.97. The van der Waals surface area contributed by atoms with Crippen molar-refractivity contribution >= 4 is 22.7 Å². The lowest BCUT2D eigenvalue weighted by Crippen LogP contribution is -2.09.